The van der Waals surface area contributed by atoms with Crippen LogP contribution < -0.4 is 10.1 Å². The van der Waals surface area contributed by atoms with Gasteiger partial charge in [0.15, 0.2) is 0 Å². The lowest BCUT2D eigenvalue weighted by Crippen LogP contribution is -2.19. The minimum Gasteiger partial charge on any atom is -0.494 e. The van der Waals surface area contributed by atoms with Gasteiger partial charge in [-0.1, -0.05) is 41.9 Å². The van der Waals surface area contributed by atoms with Crippen LogP contribution in [0.2, 0.25) is 5.02 Å². The predicted molar refractivity (Wildman–Crippen MR) is 84.7 cm³/mol. The molecule has 0 amide bonds. The minimum absolute atomic E-state index is 0.0193. The second-order valence-electron chi connectivity index (χ2n) is 4.72. The van der Waals surface area contributed by atoms with Gasteiger partial charge in [-0.3, -0.25) is 0 Å². The second kappa shape index (κ2) is 6.78. The van der Waals surface area contributed by atoms with Crippen molar-refractivity contribution in [2.45, 2.75) is 19.9 Å². The summed E-state index contributed by atoms with van der Waals surface area (Å²) in [6, 6.07) is 14.2. The molecule has 0 aliphatic heterocycles. The number of ether oxygens (including phenoxy) is 1. The van der Waals surface area contributed by atoms with Crippen molar-refractivity contribution in [2.24, 2.45) is 0 Å². The van der Waals surface area contributed by atoms with Gasteiger partial charge in [-0.05, 0) is 44.2 Å². The summed E-state index contributed by atoms with van der Waals surface area (Å²) in [7, 11) is 1.93. The Bertz CT molecular complexity index is 583. The number of rotatable bonds is 5. The van der Waals surface area contributed by atoms with Gasteiger partial charge in [0.1, 0.15) is 5.75 Å². The maximum Gasteiger partial charge on any atom is 0.124 e. The van der Waals surface area contributed by atoms with Gasteiger partial charge in [-0.2, -0.15) is 0 Å². The summed E-state index contributed by atoms with van der Waals surface area (Å²) in [6.07, 6.45) is 0. The molecule has 0 saturated heterocycles. The van der Waals surface area contributed by atoms with E-state index in [2.05, 4.69) is 23.5 Å². The summed E-state index contributed by atoms with van der Waals surface area (Å²) in [5.74, 6) is 0.894. The van der Waals surface area contributed by atoms with E-state index in [0.717, 1.165) is 27.5 Å². The lowest BCUT2D eigenvalue weighted by Gasteiger charge is -2.21. The average Bonchev–Trinajstić information content (AvgIpc) is 2.44. The highest BCUT2D eigenvalue weighted by Crippen LogP contribution is 2.33. The molecule has 0 fully saturated rings. The molecule has 106 valence electrons. The topological polar surface area (TPSA) is 21.3 Å². The van der Waals surface area contributed by atoms with Gasteiger partial charge >= 0.3 is 0 Å². The van der Waals surface area contributed by atoms with Gasteiger partial charge in [0.2, 0.25) is 0 Å². The fraction of sp³-hybridized carbons (Fsp3) is 0.294. The van der Waals surface area contributed by atoms with Gasteiger partial charge in [0.25, 0.3) is 0 Å². The Hall–Kier alpha value is -1.51. The molecule has 0 saturated carbocycles. The first kappa shape index (κ1) is 14.9. The van der Waals surface area contributed by atoms with Crippen LogP contribution in [0.15, 0.2) is 42.5 Å². The van der Waals surface area contributed by atoms with E-state index >= 15 is 0 Å². The van der Waals surface area contributed by atoms with Gasteiger partial charge in [-0.25, -0.2) is 0 Å². The molecule has 2 aromatic rings. The van der Waals surface area contributed by atoms with Crippen LogP contribution in [0.4, 0.5) is 0 Å². The van der Waals surface area contributed by atoms with Crippen LogP contribution >= 0.6 is 11.6 Å². The molecule has 1 unspecified atom stereocenters. The van der Waals surface area contributed by atoms with Gasteiger partial charge in [0.05, 0.1) is 12.6 Å². The quantitative estimate of drug-likeness (QED) is 0.883. The highest BCUT2D eigenvalue weighted by atomic mass is 35.5. The highest BCUT2D eigenvalue weighted by molar-refractivity contribution is 6.31. The van der Waals surface area contributed by atoms with Crippen LogP contribution in [-0.2, 0) is 0 Å². The summed E-state index contributed by atoms with van der Waals surface area (Å²) >= 11 is 6.40. The number of nitrogens with one attached hydrogen (secondary N) is 1. The molecule has 1 atom stereocenters. The molecule has 2 nitrogen and oxygen atoms in total. The summed E-state index contributed by atoms with van der Waals surface area (Å²) in [5, 5.41) is 4.10. The van der Waals surface area contributed by atoms with E-state index in [4.69, 9.17) is 16.3 Å². The Kier molecular flexibility index (Phi) is 5.05. The van der Waals surface area contributed by atoms with Crippen LogP contribution in [-0.4, -0.2) is 13.7 Å². The Labute approximate surface area is 125 Å². The van der Waals surface area contributed by atoms with Crippen LogP contribution in [0.1, 0.15) is 29.7 Å². The molecule has 0 aliphatic carbocycles. The molecule has 0 aromatic heterocycles. The number of halogens is 1. The number of aryl methyl sites for hydroxylation is 1. The molecule has 0 heterocycles. The molecule has 0 spiro atoms. The van der Waals surface area contributed by atoms with Crippen LogP contribution in [0, 0.1) is 6.92 Å². The zero-order valence-electron chi connectivity index (χ0n) is 12.1. The molecule has 3 heteroatoms. The molecule has 0 bridgehead atoms. The van der Waals surface area contributed by atoms with E-state index in [1.807, 2.05) is 45.2 Å². The predicted octanol–water partition coefficient (Wildman–Crippen LogP) is 4.36. The molecule has 2 rings (SSSR count). The Balaban J connectivity index is 2.47. The standard InChI is InChI=1S/C17H20ClNO/c1-4-20-16-8-6-5-7-14(16)17(19-3)13-10-9-12(2)11-15(13)18/h5-11,17,19H,4H2,1-3H3. The van der Waals surface area contributed by atoms with Crippen molar-refractivity contribution in [3.63, 3.8) is 0 Å². The van der Waals surface area contributed by atoms with Gasteiger partial charge in [0, 0.05) is 10.6 Å². The summed E-state index contributed by atoms with van der Waals surface area (Å²) < 4.78 is 5.72. The van der Waals surface area contributed by atoms with Crippen molar-refractivity contribution in [3.05, 3.63) is 64.2 Å². The maximum atomic E-state index is 6.40. The van der Waals surface area contributed by atoms with Crippen LogP contribution in [0.25, 0.3) is 0 Å². The molecule has 20 heavy (non-hydrogen) atoms. The summed E-state index contributed by atoms with van der Waals surface area (Å²) in [6.45, 7) is 4.68. The first-order valence-electron chi connectivity index (χ1n) is 6.82. The average molecular weight is 290 g/mol. The fourth-order valence-corrected chi connectivity index (χ4v) is 2.69. The van der Waals surface area contributed by atoms with Crippen LogP contribution in [0.3, 0.4) is 0 Å². The second-order valence-corrected chi connectivity index (χ2v) is 5.12. The largest absolute Gasteiger partial charge is 0.494 e. The molecule has 2 aromatic carbocycles. The first-order chi connectivity index (χ1) is 9.67. The lowest BCUT2D eigenvalue weighted by atomic mass is 9.97. The van der Waals surface area contributed by atoms with E-state index in [1.165, 1.54) is 0 Å². The van der Waals surface area contributed by atoms with Crippen molar-refractivity contribution in [1.29, 1.82) is 0 Å². The van der Waals surface area contributed by atoms with Gasteiger partial charge in [-0.15, -0.1) is 0 Å². The first-order valence-corrected chi connectivity index (χ1v) is 7.20. The van der Waals surface area contributed by atoms with Crippen molar-refractivity contribution >= 4 is 11.6 Å². The van der Waals surface area contributed by atoms with Crippen molar-refractivity contribution in [2.75, 3.05) is 13.7 Å². The van der Waals surface area contributed by atoms with Crippen LogP contribution in [0.5, 0.6) is 5.75 Å². The van der Waals surface area contributed by atoms with E-state index in [-0.39, 0.29) is 6.04 Å². The van der Waals surface area contributed by atoms with E-state index < -0.39 is 0 Å². The third-order valence-corrected chi connectivity index (χ3v) is 3.61. The Morgan fingerprint density at radius 3 is 2.55 bits per heavy atom. The normalized spacial score (nSPS) is 12.2. The number of hydrogen-bond donors (Lipinski definition) is 1. The highest BCUT2D eigenvalue weighted by Gasteiger charge is 2.18. The van der Waals surface area contributed by atoms with Crippen molar-refractivity contribution < 1.29 is 4.74 Å². The fourth-order valence-electron chi connectivity index (χ4n) is 2.35. The molecule has 0 aliphatic rings. The van der Waals surface area contributed by atoms with Crippen molar-refractivity contribution in [1.82, 2.24) is 5.32 Å². The SMILES string of the molecule is CCOc1ccccc1C(NC)c1ccc(C)cc1Cl. The van der Waals surface area contributed by atoms with E-state index in [1.54, 1.807) is 0 Å². The minimum atomic E-state index is 0.0193. The lowest BCUT2D eigenvalue weighted by molar-refractivity contribution is 0.334. The maximum absolute atomic E-state index is 6.40. The number of para-hydroxylation sites is 1. The molecule has 0 radical (unpaired) electrons. The monoisotopic (exact) mass is 289 g/mol. The Morgan fingerprint density at radius 2 is 1.90 bits per heavy atom. The number of hydrogen-bond acceptors (Lipinski definition) is 2. The summed E-state index contributed by atoms with van der Waals surface area (Å²) in [5.41, 5.74) is 3.32. The molecule has 1 N–H and O–H groups in total. The van der Waals surface area contributed by atoms with E-state index in [0.29, 0.717) is 6.61 Å². The zero-order valence-corrected chi connectivity index (χ0v) is 12.9. The zero-order chi connectivity index (χ0) is 14.5. The van der Waals surface area contributed by atoms with E-state index in [9.17, 15) is 0 Å². The third-order valence-electron chi connectivity index (χ3n) is 3.29. The third kappa shape index (κ3) is 3.14. The smallest absolute Gasteiger partial charge is 0.124 e. The van der Waals surface area contributed by atoms with Gasteiger partial charge < -0.3 is 10.1 Å². The van der Waals surface area contributed by atoms with Crippen molar-refractivity contribution in [3.8, 4) is 5.75 Å². The number of benzene rings is 2. The summed E-state index contributed by atoms with van der Waals surface area (Å²) in [4.78, 5) is 0. The molecular weight excluding hydrogens is 270 g/mol. The molecular formula is C17H20ClNO. The Morgan fingerprint density at radius 1 is 1.15 bits per heavy atom.